The number of aryl methyl sites for hydroxylation is 1. The first-order chi connectivity index (χ1) is 16.2. The Morgan fingerprint density at radius 2 is 1.97 bits per heavy atom. The van der Waals surface area contributed by atoms with Crippen LogP contribution in [0.5, 0.6) is 5.75 Å². The molecule has 34 heavy (non-hydrogen) atoms. The van der Waals surface area contributed by atoms with Gasteiger partial charge in [-0.3, -0.25) is 14.3 Å². The Morgan fingerprint density at radius 1 is 1.21 bits per heavy atom. The normalized spacial score (nSPS) is 11.5. The van der Waals surface area contributed by atoms with Crippen molar-refractivity contribution in [2.75, 3.05) is 7.11 Å². The topological polar surface area (TPSA) is 103 Å². The van der Waals surface area contributed by atoms with Crippen LogP contribution < -0.4 is 16.0 Å². The van der Waals surface area contributed by atoms with Crippen molar-refractivity contribution in [2.45, 2.75) is 19.1 Å². The van der Waals surface area contributed by atoms with Crippen LogP contribution in [-0.2, 0) is 12.7 Å². The number of methoxy groups -OCH3 is 1. The zero-order chi connectivity index (χ0) is 24.6. The number of pyridine rings is 2. The van der Waals surface area contributed by atoms with Crippen LogP contribution in [0.2, 0.25) is 5.15 Å². The summed E-state index contributed by atoms with van der Waals surface area (Å²) in [6, 6.07) is 5.75. The average Bonchev–Trinajstić information content (AvgIpc) is 3.24. The molecule has 0 spiro atoms. The van der Waals surface area contributed by atoms with Gasteiger partial charge in [0.2, 0.25) is 0 Å². The van der Waals surface area contributed by atoms with Gasteiger partial charge in [-0.05, 0) is 18.2 Å². The Bertz CT molecular complexity index is 1570. The standard InChI is InChI=1S/C21H13ClF3N5O3S/c1-33-13-6-14(18(22)28-10-13)16-7-15-17(34-16)19(31)30(20(32)29(15)4-2-3-26)12-5-11(8-27-9-12)21(23,24)25/h5-10H,2,4H2,1H3. The van der Waals surface area contributed by atoms with Crippen molar-refractivity contribution in [3.63, 3.8) is 0 Å². The smallest absolute Gasteiger partial charge is 0.417 e. The van der Waals surface area contributed by atoms with Gasteiger partial charge in [0.25, 0.3) is 5.56 Å². The molecule has 0 unspecified atom stereocenters. The Morgan fingerprint density at radius 3 is 2.65 bits per heavy atom. The summed E-state index contributed by atoms with van der Waals surface area (Å²) < 4.78 is 46.6. The van der Waals surface area contributed by atoms with Crippen molar-refractivity contribution in [3.8, 4) is 27.9 Å². The molecule has 0 atom stereocenters. The molecule has 0 fully saturated rings. The molecule has 4 rings (SSSR count). The third-order valence-corrected chi connectivity index (χ3v) is 6.34. The van der Waals surface area contributed by atoms with Crippen LogP contribution >= 0.6 is 22.9 Å². The molecule has 13 heteroatoms. The number of thiophene rings is 1. The van der Waals surface area contributed by atoms with Gasteiger partial charge < -0.3 is 4.74 Å². The van der Waals surface area contributed by atoms with Gasteiger partial charge in [-0.15, -0.1) is 11.3 Å². The van der Waals surface area contributed by atoms with Gasteiger partial charge in [-0.25, -0.2) is 14.3 Å². The summed E-state index contributed by atoms with van der Waals surface area (Å²) in [5.41, 5.74) is -2.51. The molecule has 0 aliphatic rings. The van der Waals surface area contributed by atoms with Crippen molar-refractivity contribution in [3.05, 3.63) is 68.3 Å². The maximum atomic E-state index is 13.3. The molecule has 0 bridgehead atoms. The van der Waals surface area contributed by atoms with Crippen LogP contribution in [0.4, 0.5) is 13.2 Å². The molecule has 4 heterocycles. The van der Waals surface area contributed by atoms with E-state index in [1.165, 1.54) is 17.9 Å². The summed E-state index contributed by atoms with van der Waals surface area (Å²) >= 11 is 7.21. The SMILES string of the molecule is COc1cnc(Cl)c(-c2cc3c(s2)c(=O)n(-c2cncc(C(F)(F)F)c2)c(=O)n3CCC#N)c1. The van der Waals surface area contributed by atoms with E-state index >= 15 is 0 Å². The number of fused-ring (bicyclic) bond motifs is 1. The first-order valence-corrected chi connectivity index (χ1v) is 10.7. The molecule has 0 saturated heterocycles. The third kappa shape index (κ3) is 4.15. The number of nitriles is 1. The highest BCUT2D eigenvalue weighted by atomic mass is 35.5. The minimum absolute atomic E-state index is 0.0687. The van der Waals surface area contributed by atoms with E-state index in [-0.39, 0.29) is 34.0 Å². The van der Waals surface area contributed by atoms with Crippen LogP contribution in [0.15, 0.2) is 46.4 Å². The number of halogens is 4. The van der Waals surface area contributed by atoms with E-state index in [0.717, 1.165) is 17.5 Å². The fourth-order valence-electron chi connectivity index (χ4n) is 3.30. The number of aromatic nitrogens is 4. The minimum Gasteiger partial charge on any atom is -0.495 e. The number of rotatable bonds is 5. The molecule has 0 radical (unpaired) electrons. The highest BCUT2D eigenvalue weighted by Crippen LogP contribution is 2.37. The highest BCUT2D eigenvalue weighted by molar-refractivity contribution is 7.22. The Hall–Kier alpha value is -3.69. The van der Waals surface area contributed by atoms with Gasteiger partial charge in [0.15, 0.2) is 0 Å². The van der Waals surface area contributed by atoms with E-state index in [1.807, 2.05) is 6.07 Å². The Labute approximate surface area is 198 Å². The molecule has 174 valence electrons. The molecule has 0 aromatic carbocycles. The first-order valence-electron chi connectivity index (χ1n) is 9.54. The summed E-state index contributed by atoms with van der Waals surface area (Å²) in [7, 11) is 1.45. The average molecular weight is 508 g/mol. The molecule has 0 N–H and O–H groups in total. The summed E-state index contributed by atoms with van der Waals surface area (Å²) in [4.78, 5) is 34.6. The molecule has 8 nitrogen and oxygen atoms in total. The van der Waals surface area contributed by atoms with Gasteiger partial charge in [0, 0.05) is 23.2 Å². The highest BCUT2D eigenvalue weighted by Gasteiger charge is 2.31. The lowest BCUT2D eigenvalue weighted by molar-refractivity contribution is -0.137. The van der Waals surface area contributed by atoms with E-state index in [0.29, 0.717) is 33.0 Å². The lowest BCUT2D eigenvalue weighted by Gasteiger charge is -2.12. The minimum atomic E-state index is -4.72. The molecular weight excluding hydrogens is 495 g/mol. The van der Waals surface area contributed by atoms with E-state index < -0.39 is 23.0 Å². The largest absolute Gasteiger partial charge is 0.495 e. The number of nitrogens with zero attached hydrogens (tertiary/aromatic N) is 5. The van der Waals surface area contributed by atoms with E-state index in [9.17, 15) is 22.8 Å². The maximum Gasteiger partial charge on any atom is 0.417 e. The summed E-state index contributed by atoms with van der Waals surface area (Å²) in [5, 5.41) is 9.15. The van der Waals surface area contributed by atoms with Crippen molar-refractivity contribution in [1.29, 1.82) is 5.26 Å². The van der Waals surface area contributed by atoms with E-state index in [4.69, 9.17) is 21.6 Å². The maximum absolute atomic E-state index is 13.3. The van der Waals surface area contributed by atoms with Gasteiger partial charge in [0.05, 0.1) is 48.8 Å². The zero-order valence-corrected chi connectivity index (χ0v) is 18.8. The Kier molecular flexibility index (Phi) is 6.16. The van der Waals surface area contributed by atoms with Crippen LogP contribution in [0, 0.1) is 11.3 Å². The zero-order valence-electron chi connectivity index (χ0n) is 17.3. The number of ether oxygens (including phenoxy) is 1. The lowest BCUT2D eigenvalue weighted by Crippen LogP contribution is -2.38. The second-order valence-electron chi connectivity index (χ2n) is 6.95. The van der Waals surface area contributed by atoms with E-state index in [1.54, 1.807) is 12.1 Å². The van der Waals surface area contributed by atoms with Crippen molar-refractivity contribution in [2.24, 2.45) is 0 Å². The van der Waals surface area contributed by atoms with Crippen LogP contribution in [0.1, 0.15) is 12.0 Å². The summed E-state index contributed by atoms with van der Waals surface area (Å²) in [6.45, 7) is -0.0846. The van der Waals surface area contributed by atoms with E-state index in [2.05, 4.69) is 9.97 Å². The monoisotopic (exact) mass is 507 g/mol. The third-order valence-electron chi connectivity index (χ3n) is 4.89. The van der Waals surface area contributed by atoms with Gasteiger partial charge in [-0.1, -0.05) is 11.6 Å². The number of hydrogen-bond acceptors (Lipinski definition) is 7. The van der Waals surface area contributed by atoms with Gasteiger partial charge in [0.1, 0.15) is 15.6 Å². The van der Waals surface area contributed by atoms with Crippen LogP contribution in [-0.4, -0.2) is 26.2 Å². The van der Waals surface area contributed by atoms with Crippen LogP contribution in [0.25, 0.3) is 26.3 Å². The molecule has 0 amide bonds. The fraction of sp³-hybridized carbons (Fsp3) is 0.190. The predicted molar refractivity (Wildman–Crippen MR) is 120 cm³/mol. The number of alkyl halides is 3. The first kappa shape index (κ1) is 23.5. The van der Waals surface area contributed by atoms with Gasteiger partial charge in [-0.2, -0.15) is 18.4 Å². The van der Waals surface area contributed by atoms with Crippen molar-refractivity contribution in [1.82, 2.24) is 19.1 Å². The van der Waals surface area contributed by atoms with Crippen molar-refractivity contribution < 1.29 is 17.9 Å². The molecule has 4 aromatic rings. The quantitative estimate of drug-likeness (QED) is 0.374. The number of hydrogen-bond donors (Lipinski definition) is 0. The lowest BCUT2D eigenvalue weighted by atomic mass is 10.2. The molecule has 0 aliphatic heterocycles. The van der Waals surface area contributed by atoms with Gasteiger partial charge >= 0.3 is 11.9 Å². The predicted octanol–water partition coefficient (Wildman–Crippen LogP) is 4.27. The van der Waals surface area contributed by atoms with Crippen molar-refractivity contribution >= 4 is 33.2 Å². The summed E-state index contributed by atoms with van der Waals surface area (Å²) in [5.74, 6) is 0.408. The second kappa shape index (κ2) is 8.92. The second-order valence-corrected chi connectivity index (χ2v) is 8.36. The Balaban J connectivity index is 2.03. The fourth-order valence-corrected chi connectivity index (χ4v) is 4.67. The molecule has 4 aromatic heterocycles. The molecule has 0 saturated carbocycles. The summed E-state index contributed by atoms with van der Waals surface area (Å²) in [6.07, 6.45) is -1.78. The van der Waals surface area contributed by atoms with Crippen LogP contribution in [0.3, 0.4) is 0 Å². The molecule has 0 aliphatic carbocycles. The molecular formula is C21H13ClF3N5O3S.